The van der Waals surface area contributed by atoms with Gasteiger partial charge in [-0.15, -0.1) is 0 Å². The van der Waals surface area contributed by atoms with Crippen molar-refractivity contribution in [2.24, 2.45) is 0 Å². The van der Waals surface area contributed by atoms with Gasteiger partial charge in [0.2, 0.25) is 0 Å². The van der Waals surface area contributed by atoms with Crippen LogP contribution in [-0.2, 0) is 6.18 Å². The van der Waals surface area contributed by atoms with Crippen molar-refractivity contribution in [3.05, 3.63) is 22.8 Å². The van der Waals surface area contributed by atoms with E-state index in [-0.39, 0.29) is 0 Å². The van der Waals surface area contributed by atoms with E-state index in [1.807, 2.05) is 0 Å². The standard InChI is InChI=1S/C6H4BClF3NO2/c8-4-1-3(6(9,10)11)2-12-5(4)7(13)14/h1-2,13-14H. The zero-order chi connectivity index (χ0) is 10.9. The molecular formula is C6H4BClF3NO2. The molecule has 0 unspecified atom stereocenters. The molecule has 0 aliphatic rings. The van der Waals surface area contributed by atoms with Crippen LogP contribution in [0, 0.1) is 0 Å². The monoisotopic (exact) mass is 225 g/mol. The first-order chi connectivity index (χ1) is 6.32. The van der Waals surface area contributed by atoms with Gasteiger partial charge in [-0.1, -0.05) is 11.6 Å². The van der Waals surface area contributed by atoms with E-state index in [4.69, 9.17) is 21.6 Å². The van der Waals surface area contributed by atoms with Gasteiger partial charge in [0.1, 0.15) is 0 Å². The molecule has 8 heteroatoms. The summed E-state index contributed by atoms with van der Waals surface area (Å²) in [4.78, 5) is 3.19. The molecule has 0 radical (unpaired) electrons. The molecule has 3 nitrogen and oxygen atoms in total. The predicted octanol–water partition coefficient (Wildman–Crippen LogP) is 0.434. The molecule has 0 fully saturated rings. The average Bonchev–Trinajstić information content (AvgIpc) is 2.01. The van der Waals surface area contributed by atoms with Crippen molar-refractivity contribution in [3.63, 3.8) is 0 Å². The SMILES string of the molecule is OB(O)c1ncc(C(F)(F)F)cc1Cl. The van der Waals surface area contributed by atoms with Crippen LogP contribution in [0.2, 0.25) is 5.02 Å². The molecule has 0 aliphatic heterocycles. The summed E-state index contributed by atoms with van der Waals surface area (Å²) in [5.74, 6) is 0. The third-order valence-corrected chi connectivity index (χ3v) is 1.74. The fourth-order valence-corrected chi connectivity index (χ4v) is 1.06. The topological polar surface area (TPSA) is 53.4 Å². The molecule has 0 amide bonds. The van der Waals surface area contributed by atoms with Gasteiger partial charge in [-0.25, -0.2) is 0 Å². The van der Waals surface area contributed by atoms with E-state index < -0.39 is 29.5 Å². The zero-order valence-electron chi connectivity index (χ0n) is 6.59. The van der Waals surface area contributed by atoms with Crippen molar-refractivity contribution in [1.82, 2.24) is 4.98 Å². The van der Waals surface area contributed by atoms with Gasteiger partial charge < -0.3 is 10.0 Å². The summed E-state index contributed by atoms with van der Waals surface area (Å²) in [6.45, 7) is 0. The van der Waals surface area contributed by atoms with Crippen LogP contribution in [0.5, 0.6) is 0 Å². The van der Waals surface area contributed by atoms with E-state index in [9.17, 15) is 13.2 Å². The van der Waals surface area contributed by atoms with E-state index in [1.54, 1.807) is 0 Å². The first kappa shape index (κ1) is 11.3. The number of halogens is 4. The quantitative estimate of drug-likeness (QED) is 0.682. The van der Waals surface area contributed by atoms with Crippen molar-refractivity contribution in [2.45, 2.75) is 6.18 Å². The molecule has 14 heavy (non-hydrogen) atoms. The Bertz CT molecular complexity index is 344. The van der Waals surface area contributed by atoms with Gasteiger partial charge in [0.15, 0.2) is 0 Å². The molecule has 1 rings (SSSR count). The van der Waals surface area contributed by atoms with Crippen molar-refractivity contribution < 1.29 is 23.2 Å². The summed E-state index contributed by atoms with van der Waals surface area (Å²) in [7, 11) is -1.98. The molecule has 1 aromatic rings. The fourth-order valence-electron chi connectivity index (χ4n) is 0.794. The highest BCUT2D eigenvalue weighted by Crippen LogP contribution is 2.29. The second-order valence-corrected chi connectivity index (χ2v) is 2.87. The summed E-state index contributed by atoms with van der Waals surface area (Å²) >= 11 is 5.35. The lowest BCUT2D eigenvalue weighted by molar-refractivity contribution is -0.137. The normalized spacial score (nSPS) is 11.6. The molecule has 0 saturated heterocycles. The molecule has 0 aliphatic carbocycles. The molecule has 0 atom stereocenters. The van der Waals surface area contributed by atoms with Crippen LogP contribution in [0.25, 0.3) is 0 Å². The van der Waals surface area contributed by atoms with E-state index in [2.05, 4.69) is 4.98 Å². The number of pyridine rings is 1. The highest BCUT2D eigenvalue weighted by molar-refractivity contribution is 6.61. The van der Waals surface area contributed by atoms with Gasteiger partial charge >= 0.3 is 13.3 Å². The molecule has 0 aromatic carbocycles. The summed E-state index contributed by atoms with van der Waals surface area (Å²) in [6.07, 6.45) is -4.06. The Morgan fingerprint density at radius 2 is 1.93 bits per heavy atom. The molecule has 0 saturated carbocycles. The third-order valence-electron chi connectivity index (χ3n) is 1.44. The van der Waals surface area contributed by atoms with Crippen LogP contribution >= 0.6 is 11.6 Å². The van der Waals surface area contributed by atoms with Crippen LogP contribution in [0.1, 0.15) is 5.56 Å². The summed E-state index contributed by atoms with van der Waals surface area (Å²) < 4.78 is 36.2. The molecular weight excluding hydrogens is 221 g/mol. The van der Waals surface area contributed by atoms with Gasteiger partial charge in [-0.2, -0.15) is 13.2 Å². The van der Waals surface area contributed by atoms with E-state index >= 15 is 0 Å². The molecule has 1 heterocycles. The maximum Gasteiger partial charge on any atom is 0.509 e. The van der Waals surface area contributed by atoms with Gasteiger partial charge in [0, 0.05) is 6.20 Å². The second kappa shape index (κ2) is 3.76. The number of aromatic nitrogens is 1. The molecule has 76 valence electrons. The van der Waals surface area contributed by atoms with Crippen LogP contribution in [0.4, 0.5) is 13.2 Å². The largest absolute Gasteiger partial charge is 0.509 e. The van der Waals surface area contributed by atoms with Crippen molar-refractivity contribution >= 4 is 24.3 Å². The Morgan fingerprint density at radius 1 is 1.36 bits per heavy atom. The number of nitrogens with zero attached hydrogens (tertiary/aromatic N) is 1. The van der Waals surface area contributed by atoms with Gasteiger partial charge in [-0.05, 0) is 6.07 Å². The van der Waals surface area contributed by atoms with Crippen LogP contribution in [-0.4, -0.2) is 22.2 Å². The van der Waals surface area contributed by atoms with Crippen LogP contribution in [0.15, 0.2) is 12.3 Å². The summed E-state index contributed by atoms with van der Waals surface area (Å²) in [6, 6.07) is 0.587. The van der Waals surface area contributed by atoms with E-state index in [0.29, 0.717) is 12.3 Å². The third kappa shape index (κ3) is 2.37. The number of hydrogen-bond donors (Lipinski definition) is 2. The Kier molecular flexibility index (Phi) is 3.03. The highest BCUT2D eigenvalue weighted by atomic mass is 35.5. The average molecular weight is 225 g/mol. The molecule has 2 N–H and O–H groups in total. The Balaban J connectivity index is 3.13. The lowest BCUT2D eigenvalue weighted by Gasteiger charge is -2.08. The molecule has 0 bridgehead atoms. The lowest BCUT2D eigenvalue weighted by atomic mass is 9.85. The number of alkyl halides is 3. The lowest BCUT2D eigenvalue weighted by Crippen LogP contribution is -2.34. The maximum absolute atomic E-state index is 12.1. The van der Waals surface area contributed by atoms with Gasteiger partial charge in [-0.3, -0.25) is 4.98 Å². The van der Waals surface area contributed by atoms with Gasteiger partial charge in [0.25, 0.3) is 0 Å². The van der Waals surface area contributed by atoms with Crippen LogP contribution in [0.3, 0.4) is 0 Å². The zero-order valence-corrected chi connectivity index (χ0v) is 7.34. The van der Waals surface area contributed by atoms with E-state index in [0.717, 1.165) is 0 Å². The fraction of sp³-hybridized carbons (Fsp3) is 0.167. The maximum atomic E-state index is 12.1. The Labute approximate surface area is 82.3 Å². The van der Waals surface area contributed by atoms with Crippen molar-refractivity contribution in [3.8, 4) is 0 Å². The molecule has 1 aromatic heterocycles. The smallest absolute Gasteiger partial charge is 0.422 e. The van der Waals surface area contributed by atoms with Crippen molar-refractivity contribution in [1.29, 1.82) is 0 Å². The number of rotatable bonds is 1. The summed E-state index contributed by atoms with van der Waals surface area (Å²) in [5, 5.41) is 16.8. The highest BCUT2D eigenvalue weighted by Gasteiger charge is 2.32. The first-order valence-electron chi connectivity index (χ1n) is 3.41. The van der Waals surface area contributed by atoms with Crippen LogP contribution < -0.4 is 5.59 Å². The minimum Gasteiger partial charge on any atom is -0.422 e. The Morgan fingerprint density at radius 3 is 2.29 bits per heavy atom. The number of hydrogen-bond acceptors (Lipinski definition) is 3. The van der Waals surface area contributed by atoms with E-state index in [1.165, 1.54) is 0 Å². The summed E-state index contributed by atoms with van der Waals surface area (Å²) in [5.41, 5.74) is -1.44. The molecule has 0 spiro atoms. The minimum absolute atomic E-state index is 0.403. The van der Waals surface area contributed by atoms with Crippen molar-refractivity contribution in [2.75, 3.05) is 0 Å². The van der Waals surface area contributed by atoms with Gasteiger partial charge in [0.05, 0.1) is 16.2 Å². The first-order valence-corrected chi connectivity index (χ1v) is 3.79. The Hall–Kier alpha value is -0.785. The predicted molar refractivity (Wildman–Crippen MR) is 44.1 cm³/mol. The minimum atomic E-state index is -4.55. The second-order valence-electron chi connectivity index (χ2n) is 2.46.